The van der Waals surface area contributed by atoms with Crippen LogP contribution in [0.4, 0.5) is 0 Å². The van der Waals surface area contributed by atoms with E-state index in [4.69, 9.17) is 23.2 Å². The maximum atomic E-state index is 12.9. The van der Waals surface area contributed by atoms with Crippen LogP contribution in [0.2, 0.25) is 0 Å². The molecule has 0 aromatic carbocycles. The predicted molar refractivity (Wildman–Crippen MR) is 108 cm³/mol. The summed E-state index contributed by atoms with van der Waals surface area (Å²) in [4.78, 5) is 28.9. The molecule has 138 valence electrons. The molecule has 5 heteroatoms. The van der Waals surface area contributed by atoms with Gasteiger partial charge in [-0.2, -0.15) is 0 Å². The summed E-state index contributed by atoms with van der Waals surface area (Å²) in [7, 11) is 0. The molecule has 2 aliphatic rings. The minimum atomic E-state index is -0.409. The van der Waals surface area contributed by atoms with Gasteiger partial charge in [0.15, 0.2) is 5.78 Å². The summed E-state index contributed by atoms with van der Waals surface area (Å²) in [5, 5.41) is 0.0654. The summed E-state index contributed by atoms with van der Waals surface area (Å²) in [6.07, 6.45) is 8.35. The van der Waals surface area contributed by atoms with Crippen molar-refractivity contribution in [1.82, 2.24) is 0 Å². The van der Waals surface area contributed by atoms with Crippen molar-refractivity contribution >= 4 is 40.5 Å². The second-order valence-electron chi connectivity index (χ2n) is 8.44. The van der Waals surface area contributed by atoms with Crippen LogP contribution < -0.4 is 0 Å². The Kier molecular flexibility index (Phi) is 5.65. The molecule has 0 aromatic heterocycles. The first-order valence-electron chi connectivity index (χ1n) is 8.37. The van der Waals surface area contributed by atoms with Gasteiger partial charge in [0.2, 0.25) is 5.78 Å². The van der Waals surface area contributed by atoms with E-state index in [2.05, 4.69) is 4.99 Å². The molecule has 0 N–H and O–H groups in total. The topological polar surface area (TPSA) is 46.5 Å². The van der Waals surface area contributed by atoms with Crippen LogP contribution >= 0.6 is 23.2 Å². The van der Waals surface area contributed by atoms with Crippen LogP contribution in [0.1, 0.15) is 41.5 Å². The van der Waals surface area contributed by atoms with E-state index in [0.29, 0.717) is 5.71 Å². The molecule has 0 heterocycles. The maximum Gasteiger partial charge on any atom is 0.215 e. The van der Waals surface area contributed by atoms with Crippen LogP contribution in [0.3, 0.4) is 0 Å². The normalized spacial score (nSPS) is 18.9. The fourth-order valence-electron chi connectivity index (χ4n) is 2.61. The molecule has 26 heavy (non-hydrogen) atoms. The van der Waals surface area contributed by atoms with Crippen LogP contribution in [-0.4, -0.2) is 17.3 Å². The third-order valence-corrected chi connectivity index (χ3v) is 4.63. The van der Waals surface area contributed by atoms with Crippen LogP contribution in [0, 0.1) is 10.8 Å². The van der Waals surface area contributed by atoms with E-state index in [1.54, 1.807) is 6.20 Å². The van der Waals surface area contributed by atoms with Gasteiger partial charge in [-0.25, -0.2) is 0 Å². The quantitative estimate of drug-likeness (QED) is 0.540. The van der Waals surface area contributed by atoms with E-state index in [1.165, 1.54) is 12.2 Å². The molecule has 0 aromatic rings. The van der Waals surface area contributed by atoms with Crippen molar-refractivity contribution in [3.8, 4) is 0 Å². The summed E-state index contributed by atoms with van der Waals surface area (Å²) < 4.78 is 0. The molecule has 0 atom stereocenters. The predicted octanol–water partition coefficient (Wildman–Crippen LogP) is 5.67. The zero-order valence-corrected chi connectivity index (χ0v) is 17.4. The summed E-state index contributed by atoms with van der Waals surface area (Å²) in [6.45, 7) is 12.1. The van der Waals surface area contributed by atoms with E-state index in [9.17, 15) is 9.59 Å². The smallest absolute Gasteiger partial charge is 0.215 e. The summed E-state index contributed by atoms with van der Waals surface area (Å²) >= 11 is 11.8. The maximum absolute atomic E-state index is 12.9. The number of Topliss-reactive ketones (excluding diaryl/α,β-unsaturated/α-hetero) is 2. The number of nitrogens with zero attached hydrogens (tertiary/aromatic N) is 1. The molecule has 3 nitrogen and oxygen atoms in total. The molecule has 0 fully saturated rings. The molecule has 2 rings (SSSR count). The molecule has 0 bridgehead atoms. The second-order valence-corrected chi connectivity index (χ2v) is 9.26. The van der Waals surface area contributed by atoms with Crippen molar-refractivity contribution in [3.05, 3.63) is 57.3 Å². The Labute approximate surface area is 164 Å². The molecule has 0 radical (unpaired) electrons. The van der Waals surface area contributed by atoms with Gasteiger partial charge in [0.1, 0.15) is 0 Å². The fraction of sp³-hybridized carbons (Fsp3) is 0.381. The molecule has 0 saturated carbocycles. The molecule has 2 aliphatic carbocycles. The first-order chi connectivity index (χ1) is 11.8. The largest absolute Gasteiger partial charge is 0.289 e. The highest BCUT2D eigenvalue weighted by atomic mass is 35.5. The second kappa shape index (κ2) is 7.13. The zero-order valence-electron chi connectivity index (χ0n) is 15.9. The van der Waals surface area contributed by atoms with Crippen molar-refractivity contribution in [2.24, 2.45) is 15.8 Å². The fourth-order valence-corrected chi connectivity index (χ4v) is 3.09. The molecular formula is C21H23Cl2NO2. The van der Waals surface area contributed by atoms with Gasteiger partial charge in [0.25, 0.3) is 0 Å². The van der Waals surface area contributed by atoms with Gasteiger partial charge < -0.3 is 0 Å². The number of hydrogen-bond donors (Lipinski definition) is 0. The number of halogens is 2. The minimum Gasteiger partial charge on any atom is -0.289 e. The Morgan fingerprint density at radius 3 is 1.58 bits per heavy atom. The van der Waals surface area contributed by atoms with E-state index in [0.717, 1.165) is 16.7 Å². The van der Waals surface area contributed by atoms with Gasteiger partial charge in [-0.05, 0) is 40.7 Å². The standard InChI is InChI=1S/C21H23Cl2NO2/c1-20(2,3)14-7-12(8-15(18(14)25)21(4,5)6)11-24-13-9-16(22)19(26)17(23)10-13/h7-11H,1-6H3. The van der Waals surface area contributed by atoms with Crippen LogP contribution in [0.15, 0.2) is 62.3 Å². The Morgan fingerprint density at radius 2 is 1.19 bits per heavy atom. The lowest BCUT2D eigenvalue weighted by atomic mass is 9.72. The van der Waals surface area contributed by atoms with Gasteiger partial charge in [-0.1, -0.05) is 64.7 Å². The van der Waals surface area contributed by atoms with E-state index < -0.39 is 5.78 Å². The number of allylic oxidation sites excluding steroid dienone is 9. The van der Waals surface area contributed by atoms with Crippen molar-refractivity contribution in [2.45, 2.75) is 41.5 Å². The number of rotatable bonds is 1. The summed E-state index contributed by atoms with van der Waals surface area (Å²) in [5.74, 6) is -0.336. The molecular weight excluding hydrogens is 369 g/mol. The lowest BCUT2D eigenvalue weighted by molar-refractivity contribution is -0.114. The first kappa shape index (κ1) is 20.6. The number of carbonyl (C=O) groups is 2. The Bertz CT molecular complexity index is 791. The van der Waals surface area contributed by atoms with Gasteiger partial charge in [0.05, 0.1) is 15.8 Å². The van der Waals surface area contributed by atoms with Gasteiger partial charge in [-0.15, -0.1) is 0 Å². The molecule has 0 spiro atoms. The van der Waals surface area contributed by atoms with Gasteiger partial charge in [0, 0.05) is 17.3 Å². The van der Waals surface area contributed by atoms with E-state index >= 15 is 0 Å². The number of hydrogen-bond acceptors (Lipinski definition) is 3. The Balaban J connectivity index is 2.52. The highest BCUT2D eigenvalue weighted by molar-refractivity contribution is 6.57. The summed E-state index contributed by atoms with van der Waals surface area (Å²) in [6, 6.07) is 0. The average molecular weight is 392 g/mol. The van der Waals surface area contributed by atoms with Gasteiger partial charge in [-0.3, -0.25) is 14.6 Å². The molecule has 0 amide bonds. The first-order valence-corrected chi connectivity index (χ1v) is 9.12. The highest BCUT2D eigenvalue weighted by Gasteiger charge is 2.33. The lowest BCUT2D eigenvalue weighted by Crippen LogP contribution is -2.27. The zero-order chi connectivity index (χ0) is 19.9. The SMILES string of the molecule is CC(C)(C)C1=CC(=CN=C2C=C(Cl)C(=O)C(Cl)=C2)C=C(C(C)(C)C)C1=O. The van der Waals surface area contributed by atoms with Crippen molar-refractivity contribution < 1.29 is 9.59 Å². The van der Waals surface area contributed by atoms with Crippen molar-refractivity contribution in [1.29, 1.82) is 0 Å². The van der Waals surface area contributed by atoms with E-state index in [-0.39, 0.29) is 26.7 Å². The average Bonchev–Trinajstić information content (AvgIpc) is 2.49. The third-order valence-electron chi connectivity index (χ3n) is 4.07. The van der Waals surface area contributed by atoms with Crippen molar-refractivity contribution in [3.63, 3.8) is 0 Å². The highest BCUT2D eigenvalue weighted by Crippen LogP contribution is 2.38. The Morgan fingerprint density at radius 1 is 0.769 bits per heavy atom. The lowest BCUT2D eigenvalue weighted by Gasteiger charge is -2.31. The number of ketones is 2. The number of carbonyl (C=O) groups excluding carboxylic acids is 2. The van der Waals surface area contributed by atoms with Gasteiger partial charge >= 0.3 is 0 Å². The molecule has 0 unspecified atom stereocenters. The molecule has 0 saturated heterocycles. The minimum absolute atomic E-state index is 0.0327. The van der Waals surface area contributed by atoms with Crippen LogP contribution in [0.5, 0.6) is 0 Å². The molecule has 0 aliphatic heterocycles. The van der Waals surface area contributed by atoms with E-state index in [1.807, 2.05) is 53.7 Å². The van der Waals surface area contributed by atoms with Crippen LogP contribution in [-0.2, 0) is 9.59 Å². The monoisotopic (exact) mass is 391 g/mol. The van der Waals surface area contributed by atoms with Crippen molar-refractivity contribution in [2.75, 3.05) is 0 Å². The van der Waals surface area contributed by atoms with Crippen LogP contribution in [0.25, 0.3) is 0 Å². The third kappa shape index (κ3) is 4.52. The number of aliphatic imine (C=N–C) groups is 1. The Hall–Kier alpha value is -1.71. The summed E-state index contributed by atoms with van der Waals surface area (Å²) in [5.41, 5.74) is 2.24.